The highest BCUT2D eigenvalue weighted by Gasteiger charge is 2.29. The molecular formula is C22H27N3O3. The van der Waals surface area contributed by atoms with E-state index in [0.29, 0.717) is 11.6 Å². The second-order valence-electron chi connectivity index (χ2n) is 7.70. The molecule has 1 saturated heterocycles. The Morgan fingerprint density at radius 3 is 2.36 bits per heavy atom. The molecule has 2 aromatic rings. The first-order valence-electron chi connectivity index (χ1n) is 10.3. The molecule has 6 heteroatoms. The predicted molar refractivity (Wildman–Crippen MR) is 105 cm³/mol. The van der Waals surface area contributed by atoms with Crippen LogP contribution in [-0.4, -0.2) is 46.3 Å². The summed E-state index contributed by atoms with van der Waals surface area (Å²) in [6.45, 7) is 1.30. The van der Waals surface area contributed by atoms with Crippen molar-refractivity contribution in [3.05, 3.63) is 47.8 Å². The molecule has 4 rings (SSSR count). The highest BCUT2D eigenvalue weighted by molar-refractivity contribution is 5.90. The Morgan fingerprint density at radius 1 is 1.00 bits per heavy atom. The van der Waals surface area contributed by atoms with E-state index in [-0.39, 0.29) is 12.5 Å². The van der Waals surface area contributed by atoms with Gasteiger partial charge >= 0.3 is 5.97 Å². The number of amides is 1. The van der Waals surface area contributed by atoms with Crippen molar-refractivity contribution in [1.29, 1.82) is 0 Å². The van der Waals surface area contributed by atoms with Crippen molar-refractivity contribution in [3.63, 3.8) is 0 Å². The van der Waals surface area contributed by atoms with Crippen LogP contribution in [0.3, 0.4) is 0 Å². The van der Waals surface area contributed by atoms with Gasteiger partial charge in [0, 0.05) is 19.0 Å². The zero-order valence-electron chi connectivity index (χ0n) is 16.2. The molecule has 2 fully saturated rings. The molecule has 1 aliphatic carbocycles. The Morgan fingerprint density at radius 2 is 1.68 bits per heavy atom. The van der Waals surface area contributed by atoms with Gasteiger partial charge < -0.3 is 9.64 Å². The minimum atomic E-state index is -0.497. The van der Waals surface area contributed by atoms with E-state index in [1.165, 1.54) is 6.42 Å². The van der Waals surface area contributed by atoms with Crippen LogP contribution in [0, 0.1) is 0 Å². The molecule has 2 heterocycles. The molecule has 0 unspecified atom stereocenters. The lowest BCUT2D eigenvalue weighted by Crippen LogP contribution is -2.37. The van der Waals surface area contributed by atoms with Crippen molar-refractivity contribution in [2.24, 2.45) is 0 Å². The summed E-state index contributed by atoms with van der Waals surface area (Å²) in [5, 5.41) is 4.62. The Hall–Kier alpha value is -2.63. The van der Waals surface area contributed by atoms with Crippen molar-refractivity contribution >= 4 is 11.9 Å². The Labute approximate surface area is 165 Å². The van der Waals surface area contributed by atoms with Gasteiger partial charge in [-0.3, -0.25) is 4.79 Å². The third-order valence-corrected chi connectivity index (χ3v) is 5.47. The average molecular weight is 381 g/mol. The first kappa shape index (κ1) is 18.7. The van der Waals surface area contributed by atoms with E-state index < -0.39 is 5.97 Å². The zero-order valence-corrected chi connectivity index (χ0v) is 16.2. The van der Waals surface area contributed by atoms with Crippen LogP contribution < -0.4 is 0 Å². The van der Waals surface area contributed by atoms with Gasteiger partial charge in [0.25, 0.3) is 5.91 Å². The zero-order chi connectivity index (χ0) is 19.3. The van der Waals surface area contributed by atoms with Crippen LogP contribution in [0.25, 0.3) is 5.69 Å². The van der Waals surface area contributed by atoms with Crippen LogP contribution in [-0.2, 0) is 9.53 Å². The normalized spacial score (nSPS) is 17.6. The van der Waals surface area contributed by atoms with E-state index in [4.69, 9.17) is 4.74 Å². The van der Waals surface area contributed by atoms with E-state index in [0.717, 1.165) is 63.0 Å². The lowest BCUT2D eigenvalue weighted by atomic mass is 10.1. The number of esters is 1. The minimum Gasteiger partial charge on any atom is -0.451 e. The van der Waals surface area contributed by atoms with Gasteiger partial charge in [-0.25, -0.2) is 9.48 Å². The van der Waals surface area contributed by atoms with E-state index >= 15 is 0 Å². The lowest BCUT2D eigenvalue weighted by Gasteiger charge is -2.24. The molecule has 1 aromatic carbocycles. The quantitative estimate of drug-likeness (QED) is 0.741. The molecule has 1 aromatic heterocycles. The summed E-state index contributed by atoms with van der Waals surface area (Å²) in [6.07, 6.45) is 7.80. The minimum absolute atomic E-state index is 0.108. The number of rotatable bonds is 5. The summed E-state index contributed by atoms with van der Waals surface area (Å²) in [7, 11) is 0. The number of benzene rings is 1. The average Bonchev–Trinajstić information content (AvgIpc) is 3.45. The molecule has 6 nitrogen and oxygen atoms in total. The number of likely N-dealkylation sites (tertiary alicyclic amines) is 1. The van der Waals surface area contributed by atoms with Crippen LogP contribution in [0.1, 0.15) is 67.0 Å². The van der Waals surface area contributed by atoms with Crippen molar-refractivity contribution < 1.29 is 14.3 Å². The van der Waals surface area contributed by atoms with Gasteiger partial charge in [-0.1, -0.05) is 37.5 Å². The summed E-state index contributed by atoms with van der Waals surface area (Å²) in [4.78, 5) is 27.1. The number of carbonyl (C=O) groups is 2. The van der Waals surface area contributed by atoms with Gasteiger partial charge in [-0.15, -0.1) is 0 Å². The molecule has 1 saturated carbocycles. The number of aromatic nitrogens is 2. The van der Waals surface area contributed by atoms with Crippen LogP contribution in [0.4, 0.5) is 0 Å². The van der Waals surface area contributed by atoms with Crippen molar-refractivity contribution in [2.75, 3.05) is 19.7 Å². The standard InChI is InChI=1S/C22H27N3O3/c26-21(24-13-7-2-1-3-8-14-24)16-28-22(27)20-15-19(17-11-12-17)23-25(20)18-9-5-4-6-10-18/h4-6,9-10,15,17H,1-3,7-8,11-14,16H2. The number of nitrogens with zero attached hydrogens (tertiary/aromatic N) is 3. The van der Waals surface area contributed by atoms with Gasteiger partial charge in [0.1, 0.15) is 0 Å². The number of carbonyl (C=O) groups excluding carboxylic acids is 2. The fraction of sp³-hybridized carbons (Fsp3) is 0.500. The SMILES string of the molecule is O=C(OCC(=O)N1CCCCCCC1)c1cc(C2CC2)nn1-c1ccccc1. The maximum atomic E-state index is 12.8. The maximum Gasteiger partial charge on any atom is 0.357 e. The Kier molecular flexibility index (Phi) is 5.74. The van der Waals surface area contributed by atoms with Crippen molar-refractivity contribution in [1.82, 2.24) is 14.7 Å². The van der Waals surface area contributed by atoms with Gasteiger partial charge in [-0.2, -0.15) is 5.10 Å². The van der Waals surface area contributed by atoms with Crippen LogP contribution in [0.5, 0.6) is 0 Å². The molecule has 1 amide bonds. The highest BCUT2D eigenvalue weighted by Crippen LogP contribution is 2.39. The summed E-state index contributed by atoms with van der Waals surface area (Å²) in [5.74, 6) is -0.175. The second-order valence-corrected chi connectivity index (χ2v) is 7.70. The number of ether oxygens (including phenoxy) is 1. The van der Waals surface area contributed by atoms with E-state index in [1.807, 2.05) is 41.3 Å². The molecule has 148 valence electrons. The summed E-state index contributed by atoms with van der Waals surface area (Å²) >= 11 is 0. The highest BCUT2D eigenvalue weighted by atomic mass is 16.5. The van der Waals surface area contributed by atoms with Crippen molar-refractivity contribution in [3.8, 4) is 5.69 Å². The molecular weight excluding hydrogens is 354 g/mol. The first-order chi connectivity index (χ1) is 13.7. The third-order valence-electron chi connectivity index (χ3n) is 5.47. The molecule has 1 aliphatic heterocycles. The fourth-order valence-corrected chi connectivity index (χ4v) is 3.68. The smallest absolute Gasteiger partial charge is 0.357 e. The number of hydrogen-bond acceptors (Lipinski definition) is 4. The molecule has 0 radical (unpaired) electrons. The van der Waals surface area contributed by atoms with Gasteiger partial charge in [0.05, 0.1) is 11.4 Å². The summed E-state index contributed by atoms with van der Waals surface area (Å²) in [5.41, 5.74) is 2.12. The predicted octanol–water partition coefficient (Wildman–Crippen LogP) is 3.70. The molecule has 2 aliphatic rings. The molecule has 0 spiro atoms. The van der Waals surface area contributed by atoms with E-state index in [1.54, 1.807) is 4.68 Å². The second kappa shape index (κ2) is 8.59. The topological polar surface area (TPSA) is 64.4 Å². The summed E-state index contributed by atoms with van der Waals surface area (Å²) in [6, 6.07) is 11.4. The lowest BCUT2D eigenvalue weighted by molar-refractivity contribution is -0.134. The first-order valence-corrected chi connectivity index (χ1v) is 10.3. The molecule has 28 heavy (non-hydrogen) atoms. The fourth-order valence-electron chi connectivity index (χ4n) is 3.68. The largest absolute Gasteiger partial charge is 0.451 e. The monoisotopic (exact) mass is 381 g/mol. The Bertz CT molecular complexity index is 819. The molecule has 0 atom stereocenters. The maximum absolute atomic E-state index is 12.8. The molecule has 0 N–H and O–H groups in total. The van der Waals surface area contributed by atoms with Gasteiger partial charge in [0.2, 0.25) is 0 Å². The van der Waals surface area contributed by atoms with Gasteiger partial charge in [0.15, 0.2) is 12.3 Å². The molecule has 0 bridgehead atoms. The number of para-hydroxylation sites is 1. The summed E-state index contributed by atoms with van der Waals surface area (Å²) < 4.78 is 7.04. The number of hydrogen-bond donors (Lipinski definition) is 0. The van der Waals surface area contributed by atoms with E-state index in [9.17, 15) is 9.59 Å². The van der Waals surface area contributed by atoms with Crippen LogP contribution >= 0.6 is 0 Å². The Balaban J connectivity index is 1.44. The van der Waals surface area contributed by atoms with E-state index in [2.05, 4.69) is 5.10 Å². The van der Waals surface area contributed by atoms with Gasteiger partial charge in [-0.05, 0) is 43.9 Å². The van der Waals surface area contributed by atoms with Crippen molar-refractivity contribution in [2.45, 2.75) is 50.9 Å². The van der Waals surface area contributed by atoms with Crippen LogP contribution in [0.15, 0.2) is 36.4 Å². The van der Waals surface area contributed by atoms with Crippen LogP contribution in [0.2, 0.25) is 0 Å². The third kappa shape index (κ3) is 4.43.